The van der Waals surface area contributed by atoms with Crippen LogP contribution in [0.15, 0.2) is 0 Å². The Morgan fingerprint density at radius 3 is 2.78 bits per heavy atom. The van der Waals surface area contributed by atoms with E-state index < -0.39 is 7.75 Å². The van der Waals surface area contributed by atoms with E-state index in [4.69, 9.17) is 16.5 Å². The normalized spacial score (nSPS) is 17.2. The number of rotatable bonds is 4. The highest BCUT2D eigenvalue weighted by molar-refractivity contribution is 7.50. The van der Waals surface area contributed by atoms with E-state index in [9.17, 15) is 4.57 Å². The average Bonchev–Trinajstić information content (AvgIpc) is 1.84. The van der Waals surface area contributed by atoms with Gasteiger partial charge in [-0.15, -0.1) is 11.6 Å². The minimum Gasteiger partial charge on any atom is -0.312 e. The molecule has 0 aromatic carbocycles. The predicted octanol–water partition coefficient (Wildman–Crippen LogP) is 0.562. The van der Waals surface area contributed by atoms with Crippen LogP contribution in [-0.2, 0) is 9.09 Å². The number of halogens is 1. The average molecular weight is 174 g/mol. The van der Waals surface area contributed by atoms with Crippen molar-refractivity contribution in [2.24, 2.45) is 0 Å². The summed E-state index contributed by atoms with van der Waals surface area (Å²) < 4.78 is 14.7. The van der Waals surface area contributed by atoms with E-state index in [1.807, 2.05) is 0 Å². The fourth-order valence-electron chi connectivity index (χ4n) is 0.248. The van der Waals surface area contributed by atoms with E-state index in [1.54, 1.807) is 0 Å². The summed E-state index contributed by atoms with van der Waals surface area (Å²) in [7, 11) is -2.37. The van der Waals surface area contributed by atoms with Crippen LogP contribution >= 0.6 is 19.3 Å². The third kappa shape index (κ3) is 4.88. The van der Waals surface area contributed by atoms with Gasteiger partial charge in [0.15, 0.2) is 0 Å². The Bertz CT molecular complexity index is 120. The van der Waals surface area contributed by atoms with Gasteiger partial charge in [0.05, 0.1) is 0 Å². The van der Waals surface area contributed by atoms with Crippen molar-refractivity contribution in [3.8, 4) is 0 Å². The summed E-state index contributed by atoms with van der Waals surface area (Å²) >= 11 is 5.21. The first-order chi connectivity index (χ1) is 4.12. The third-order valence-electron chi connectivity index (χ3n) is 0.654. The van der Waals surface area contributed by atoms with Crippen molar-refractivity contribution in [2.45, 2.75) is 0 Å². The molecule has 0 aliphatic heterocycles. The van der Waals surface area contributed by atoms with E-state index in [0.717, 1.165) is 7.11 Å². The number of hydrogen-bond donors (Lipinski definition) is 2. The third-order valence-corrected chi connectivity index (χ3v) is 1.96. The first-order valence-electron chi connectivity index (χ1n) is 2.32. The van der Waals surface area contributed by atoms with Crippen LogP contribution < -0.4 is 5.09 Å². The smallest absolute Gasteiger partial charge is 0.312 e. The lowest BCUT2D eigenvalue weighted by Crippen LogP contribution is -2.13. The summed E-state index contributed by atoms with van der Waals surface area (Å²) in [5.74, 6) is 0.286. The molecule has 0 amide bonds. The maximum absolute atomic E-state index is 10.5. The van der Waals surface area contributed by atoms with Gasteiger partial charge in [-0.05, 0) is 0 Å². The standard InChI is InChI=1S/C3H9ClNO3P/c1-8-9(6,7)5-3-2-4/h2-3H2,1H3,(H2,5,6,7). The Balaban J connectivity index is 3.46. The summed E-state index contributed by atoms with van der Waals surface area (Å²) in [4.78, 5) is 8.62. The SMILES string of the molecule is COP(=O)(O)NCCCl. The minimum absolute atomic E-state index is 0.267. The lowest BCUT2D eigenvalue weighted by molar-refractivity contribution is 0.304. The molecule has 0 aromatic rings. The van der Waals surface area contributed by atoms with Gasteiger partial charge in [0.1, 0.15) is 0 Å². The molecule has 6 heteroatoms. The molecule has 4 nitrogen and oxygen atoms in total. The summed E-state index contributed by atoms with van der Waals surface area (Å²) in [6.45, 7) is 0.267. The van der Waals surface area contributed by atoms with E-state index in [-0.39, 0.29) is 12.4 Å². The molecule has 1 atom stereocenters. The molecule has 0 heterocycles. The summed E-state index contributed by atoms with van der Waals surface area (Å²) in [6.07, 6.45) is 0. The Hall–Kier alpha value is 0.400. The Morgan fingerprint density at radius 1 is 1.89 bits per heavy atom. The van der Waals surface area contributed by atoms with Crippen molar-refractivity contribution in [3.63, 3.8) is 0 Å². The van der Waals surface area contributed by atoms with Gasteiger partial charge in [-0.25, -0.2) is 9.65 Å². The van der Waals surface area contributed by atoms with Crippen LogP contribution in [0.1, 0.15) is 0 Å². The van der Waals surface area contributed by atoms with Crippen molar-refractivity contribution in [3.05, 3.63) is 0 Å². The summed E-state index contributed by atoms with van der Waals surface area (Å²) in [5.41, 5.74) is 0. The van der Waals surface area contributed by atoms with Gasteiger partial charge in [0, 0.05) is 19.5 Å². The van der Waals surface area contributed by atoms with Gasteiger partial charge in [-0.2, -0.15) is 0 Å². The topological polar surface area (TPSA) is 58.6 Å². The van der Waals surface area contributed by atoms with Crippen molar-refractivity contribution in [2.75, 3.05) is 19.5 Å². The first kappa shape index (κ1) is 9.40. The largest absolute Gasteiger partial charge is 0.402 e. The number of hydrogen-bond acceptors (Lipinski definition) is 2. The van der Waals surface area contributed by atoms with E-state index in [1.165, 1.54) is 0 Å². The molecule has 56 valence electrons. The van der Waals surface area contributed by atoms with Crippen LogP contribution in [-0.4, -0.2) is 24.4 Å². The van der Waals surface area contributed by atoms with Crippen molar-refractivity contribution in [1.29, 1.82) is 0 Å². The maximum Gasteiger partial charge on any atom is 0.402 e. The zero-order valence-corrected chi connectivity index (χ0v) is 6.65. The molecule has 1 unspecified atom stereocenters. The minimum atomic E-state index is -3.52. The van der Waals surface area contributed by atoms with Gasteiger partial charge in [-0.3, -0.25) is 0 Å². The molecule has 0 aliphatic rings. The molecular formula is C3H9ClNO3P. The lowest BCUT2D eigenvalue weighted by Gasteiger charge is -2.07. The van der Waals surface area contributed by atoms with E-state index in [0.29, 0.717) is 0 Å². The lowest BCUT2D eigenvalue weighted by atomic mass is 10.8. The fraction of sp³-hybridized carbons (Fsp3) is 1.00. The van der Waals surface area contributed by atoms with Crippen LogP contribution in [0.2, 0.25) is 0 Å². The second-order valence-electron chi connectivity index (χ2n) is 1.30. The molecule has 0 spiro atoms. The molecule has 2 N–H and O–H groups in total. The molecule has 9 heavy (non-hydrogen) atoms. The second-order valence-corrected chi connectivity index (χ2v) is 3.40. The molecule has 0 bridgehead atoms. The molecule has 0 rings (SSSR count). The quantitative estimate of drug-likeness (QED) is 0.482. The Morgan fingerprint density at radius 2 is 2.44 bits per heavy atom. The Kier molecular flexibility index (Phi) is 4.44. The highest BCUT2D eigenvalue weighted by Gasteiger charge is 2.13. The van der Waals surface area contributed by atoms with Crippen LogP contribution in [0, 0.1) is 0 Å². The molecule has 0 fully saturated rings. The fourth-order valence-corrected chi connectivity index (χ4v) is 0.998. The highest BCUT2D eigenvalue weighted by atomic mass is 35.5. The van der Waals surface area contributed by atoms with Crippen molar-refractivity contribution >= 4 is 19.3 Å². The van der Waals surface area contributed by atoms with E-state index in [2.05, 4.69) is 9.61 Å². The van der Waals surface area contributed by atoms with Crippen molar-refractivity contribution < 1.29 is 14.0 Å². The summed E-state index contributed by atoms with van der Waals surface area (Å²) in [6, 6.07) is 0. The van der Waals surface area contributed by atoms with Gasteiger partial charge in [0.2, 0.25) is 0 Å². The second kappa shape index (κ2) is 4.25. The zero-order chi connectivity index (χ0) is 7.33. The maximum atomic E-state index is 10.5. The molecule has 0 saturated carbocycles. The van der Waals surface area contributed by atoms with Crippen LogP contribution in [0.25, 0.3) is 0 Å². The van der Waals surface area contributed by atoms with Gasteiger partial charge >= 0.3 is 7.75 Å². The summed E-state index contributed by atoms with van der Waals surface area (Å²) in [5, 5.41) is 2.22. The zero-order valence-electron chi connectivity index (χ0n) is 5.00. The van der Waals surface area contributed by atoms with Crippen LogP contribution in [0.3, 0.4) is 0 Å². The van der Waals surface area contributed by atoms with Crippen molar-refractivity contribution in [1.82, 2.24) is 5.09 Å². The van der Waals surface area contributed by atoms with Gasteiger partial charge in [0.25, 0.3) is 0 Å². The molecule has 0 radical (unpaired) electrons. The molecule has 0 aliphatic carbocycles. The Labute approximate surface area is 58.7 Å². The van der Waals surface area contributed by atoms with Gasteiger partial charge in [-0.1, -0.05) is 0 Å². The number of nitrogens with one attached hydrogen (secondary N) is 1. The van der Waals surface area contributed by atoms with Crippen LogP contribution in [0.5, 0.6) is 0 Å². The van der Waals surface area contributed by atoms with Crippen LogP contribution in [0.4, 0.5) is 0 Å². The highest BCUT2D eigenvalue weighted by Crippen LogP contribution is 2.34. The number of alkyl halides is 1. The molecular weight excluding hydrogens is 164 g/mol. The predicted molar refractivity (Wildman–Crippen MR) is 35.6 cm³/mol. The molecule has 0 aromatic heterocycles. The first-order valence-corrected chi connectivity index (χ1v) is 4.43. The monoisotopic (exact) mass is 173 g/mol. The molecule has 0 saturated heterocycles. The van der Waals surface area contributed by atoms with E-state index >= 15 is 0 Å². The van der Waals surface area contributed by atoms with Gasteiger partial charge < -0.3 is 9.42 Å².